The van der Waals surface area contributed by atoms with Gasteiger partial charge in [-0.2, -0.15) is 0 Å². The Morgan fingerprint density at radius 1 is 1.26 bits per heavy atom. The van der Waals surface area contributed by atoms with E-state index >= 15 is 0 Å². The van der Waals surface area contributed by atoms with Crippen LogP contribution in [0.4, 0.5) is 0 Å². The molecule has 6 heteroatoms. The Morgan fingerprint density at radius 2 is 2.13 bits per heavy atom. The van der Waals surface area contributed by atoms with Gasteiger partial charge in [0.25, 0.3) is 0 Å². The molecule has 0 N–H and O–H groups in total. The molecule has 5 nitrogen and oxygen atoms in total. The molecule has 3 aromatic rings. The fourth-order valence-electron chi connectivity index (χ4n) is 2.69. The Morgan fingerprint density at radius 3 is 2.96 bits per heavy atom. The van der Waals surface area contributed by atoms with Crippen molar-refractivity contribution in [3.63, 3.8) is 0 Å². The van der Waals surface area contributed by atoms with E-state index in [0.717, 1.165) is 28.5 Å². The van der Waals surface area contributed by atoms with E-state index in [1.165, 1.54) is 0 Å². The molecule has 0 bridgehead atoms. The lowest BCUT2D eigenvalue weighted by Crippen LogP contribution is -2.03. The zero-order valence-corrected chi connectivity index (χ0v) is 13.5. The number of imidazole rings is 1. The molecule has 2 aromatic heterocycles. The van der Waals surface area contributed by atoms with Crippen LogP contribution in [-0.4, -0.2) is 24.5 Å². The molecular weight excluding hydrogens is 310 g/mol. The molecule has 1 aromatic carbocycles. The zero-order chi connectivity index (χ0) is 16.0. The summed E-state index contributed by atoms with van der Waals surface area (Å²) in [5, 5.41) is 8.90. The molecule has 23 heavy (non-hydrogen) atoms. The third-order valence-corrected chi connectivity index (χ3v) is 3.97. The maximum absolute atomic E-state index is 6.17. The highest BCUT2D eigenvalue weighted by Crippen LogP contribution is 2.30. The molecule has 114 valence electrons. The van der Waals surface area contributed by atoms with Crippen molar-refractivity contribution >= 4 is 11.6 Å². The van der Waals surface area contributed by atoms with Crippen LogP contribution in [0.5, 0.6) is 0 Å². The summed E-state index contributed by atoms with van der Waals surface area (Å²) in [7, 11) is 0. The maximum Gasteiger partial charge on any atom is 0.135 e. The normalized spacial score (nSPS) is 12.0. The van der Waals surface area contributed by atoms with Gasteiger partial charge in [0.05, 0.1) is 29.0 Å². The molecule has 4 rings (SSSR count). The van der Waals surface area contributed by atoms with Crippen LogP contribution in [0, 0.1) is 17.8 Å². The molecule has 0 spiro atoms. The first-order valence-corrected chi connectivity index (χ1v) is 7.79. The summed E-state index contributed by atoms with van der Waals surface area (Å²) in [6, 6.07) is 5.73. The summed E-state index contributed by atoms with van der Waals surface area (Å²) in [5.41, 5.74) is 4.70. The Bertz CT molecular complexity index is 955. The fourth-order valence-corrected chi connectivity index (χ4v) is 2.85. The second kappa shape index (κ2) is 5.25. The molecule has 0 atom stereocenters. The van der Waals surface area contributed by atoms with Crippen molar-refractivity contribution in [2.24, 2.45) is 5.92 Å². The van der Waals surface area contributed by atoms with Crippen molar-refractivity contribution in [3.05, 3.63) is 52.8 Å². The van der Waals surface area contributed by atoms with Crippen molar-refractivity contribution in [3.8, 4) is 23.2 Å². The van der Waals surface area contributed by atoms with Crippen LogP contribution in [0.25, 0.3) is 11.4 Å². The molecule has 0 amide bonds. The summed E-state index contributed by atoms with van der Waals surface area (Å²) >= 11 is 6.17. The van der Waals surface area contributed by atoms with Crippen LogP contribution < -0.4 is 0 Å². The number of halogens is 1. The summed E-state index contributed by atoms with van der Waals surface area (Å²) in [6.07, 6.45) is 4.25. The standard InChI is InChI=1S/C17H14ClN5/c1-11(2)3-5-14-16-8-13-9-20-21-23(13)17-7-12(18)4-6-15(17)22(16)10-19-14/h4,6-7,9-11H,8H2,1-2H3. The van der Waals surface area contributed by atoms with Crippen LogP contribution >= 0.6 is 11.6 Å². The average Bonchev–Trinajstić information content (AvgIpc) is 3.11. The minimum atomic E-state index is 0.302. The number of rotatable bonds is 0. The van der Waals surface area contributed by atoms with Gasteiger partial charge < -0.3 is 0 Å². The molecule has 0 saturated heterocycles. The largest absolute Gasteiger partial charge is 0.299 e. The average molecular weight is 324 g/mol. The van der Waals surface area contributed by atoms with E-state index in [4.69, 9.17) is 11.6 Å². The van der Waals surface area contributed by atoms with Crippen LogP contribution in [0.3, 0.4) is 0 Å². The smallest absolute Gasteiger partial charge is 0.135 e. The van der Waals surface area contributed by atoms with Crippen LogP contribution in [0.15, 0.2) is 30.7 Å². The van der Waals surface area contributed by atoms with Crippen molar-refractivity contribution in [2.45, 2.75) is 20.3 Å². The third-order valence-electron chi connectivity index (χ3n) is 3.74. The van der Waals surface area contributed by atoms with Crippen molar-refractivity contribution in [1.82, 2.24) is 24.5 Å². The molecule has 0 unspecified atom stereocenters. The minimum absolute atomic E-state index is 0.302. The van der Waals surface area contributed by atoms with Gasteiger partial charge in [-0.3, -0.25) is 4.57 Å². The minimum Gasteiger partial charge on any atom is -0.299 e. The number of fused-ring (bicyclic) bond motifs is 5. The van der Waals surface area contributed by atoms with Gasteiger partial charge in [0, 0.05) is 17.4 Å². The first-order valence-electron chi connectivity index (χ1n) is 7.41. The molecule has 1 aliphatic heterocycles. The van der Waals surface area contributed by atoms with Gasteiger partial charge in [0.15, 0.2) is 0 Å². The lowest BCUT2D eigenvalue weighted by Gasteiger charge is -2.09. The van der Waals surface area contributed by atoms with Crippen LogP contribution in [0.1, 0.15) is 30.9 Å². The van der Waals surface area contributed by atoms with Gasteiger partial charge in [-0.15, -0.1) is 5.10 Å². The second-order valence-corrected chi connectivity index (χ2v) is 6.22. The number of hydrogen-bond donors (Lipinski definition) is 0. The highest BCUT2D eigenvalue weighted by Gasteiger charge is 2.22. The predicted molar refractivity (Wildman–Crippen MR) is 88.0 cm³/mol. The number of hydrogen-bond acceptors (Lipinski definition) is 3. The molecule has 0 radical (unpaired) electrons. The van der Waals surface area contributed by atoms with Gasteiger partial charge in [0.2, 0.25) is 0 Å². The number of aromatic nitrogens is 5. The molecule has 0 aliphatic carbocycles. The van der Waals surface area contributed by atoms with E-state index in [-0.39, 0.29) is 0 Å². The van der Waals surface area contributed by atoms with Gasteiger partial charge in [-0.25, -0.2) is 9.67 Å². The first-order chi connectivity index (χ1) is 11.1. The quantitative estimate of drug-likeness (QED) is 0.467. The van der Waals surface area contributed by atoms with E-state index in [0.29, 0.717) is 17.4 Å². The summed E-state index contributed by atoms with van der Waals surface area (Å²) in [4.78, 5) is 4.50. The summed E-state index contributed by atoms with van der Waals surface area (Å²) in [6.45, 7) is 4.14. The Labute approximate surface area is 138 Å². The highest BCUT2D eigenvalue weighted by molar-refractivity contribution is 6.30. The van der Waals surface area contributed by atoms with Crippen LogP contribution in [0.2, 0.25) is 5.02 Å². The Hall–Kier alpha value is -2.58. The van der Waals surface area contributed by atoms with E-state index < -0.39 is 0 Å². The van der Waals surface area contributed by atoms with Crippen LogP contribution in [-0.2, 0) is 6.42 Å². The van der Waals surface area contributed by atoms with Gasteiger partial charge in [-0.05, 0) is 24.1 Å². The third kappa shape index (κ3) is 2.32. The molecule has 3 heterocycles. The predicted octanol–water partition coefficient (Wildman–Crippen LogP) is 3.02. The number of nitrogens with zero attached hydrogens (tertiary/aromatic N) is 5. The van der Waals surface area contributed by atoms with Gasteiger partial charge in [-0.1, -0.05) is 36.6 Å². The Kier molecular flexibility index (Phi) is 3.21. The number of benzene rings is 1. The van der Waals surface area contributed by atoms with E-state index in [2.05, 4.69) is 45.6 Å². The highest BCUT2D eigenvalue weighted by atomic mass is 35.5. The first kappa shape index (κ1) is 14.0. The van der Waals surface area contributed by atoms with Gasteiger partial charge >= 0.3 is 0 Å². The Balaban J connectivity index is 1.98. The SMILES string of the molecule is CC(C)C#Cc1ncn2c1Cc1cnnn1-c1cc(Cl)ccc1-2. The molecule has 0 fully saturated rings. The lowest BCUT2D eigenvalue weighted by atomic mass is 10.2. The fraction of sp³-hybridized carbons (Fsp3) is 0.235. The maximum atomic E-state index is 6.17. The lowest BCUT2D eigenvalue weighted by molar-refractivity contribution is 0.778. The van der Waals surface area contributed by atoms with Crippen molar-refractivity contribution in [2.75, 3.05) is 0 Å². The molecular formula is C17H14ClN5. The summed E-state index contributed by atoms with van der Waals surface area (Å²) < 4.78 is 3.89. The molecule has 1 aliphatic rings. The van der Waals surface area contributed by atoms with Crippen molar-refractivity contribution in [1.29, 1.82) is 0 Å². The van der Waals surface area contributed by atoms with E-state index in [1.54, 1.807) is 6.20 Å². The monoisotopic (exact) mass is 323 g/mol. The topological polar surface area (TPSA) is 48.5 Å². The van der Waals surface area contributed by atoms with Crippen molar-refractivity contribution < 1.29 is 0 Å². The second-order valence-electron chi connectivity index (χ2n) is 5.78. The van der Waals surface area contributed by atoms with E-state index in [9.17, 15) is 0 Å². The summed E-state index contributed by atoms with van der Waals surface area (Å²) in [5.74, 6) is 6.67. The zero-order valence-electron chi connectivity index (χ0n) is 12.8. The molecule has 0 saturated carbocycles. The van der Waals surface area contributed by atoms with E-state index in [1.807, 2.05) is 29.2 Å². The van der Waals surface area contributed by atoms with Gasteiger partial charge in [0.1, 0.15) is 12.0 Å².